The van der Waals surface area contributed by atoms with Crippen molar-refractivity contribution in [2.75, 3.05) is 6.54 Å². The molecule has 2 atom stereocenters. The smallest absolute Gasteiger partial charge is 0.336 e. The van der Waals surface area contributed by atoms with Crippen molar-refractivity contribution in [3.63, 3.8) is 0 Å². The van der Waals surface area contributed by atoms with Gasteiger partial charge in [-0.05, 0) is 51.7 Å². The summed E-state index contributed by atoms with van der Waals surface area (Å²) in [6.45, 7) is 7.99. The zero-order valence-corrected chi connectivity index (χ0v) is 19.3. The van der Waals surface area contributed by atoms with Crippen molar-refractivity contribution in [2.24, 2.45) is 5.92 Å². The van der Waals surface area contributed by atoms with Crippen molar-refractivity contribution >= 4 is 17.3 Å². The van der Waals surface area contributed by atoms with E-state index in [4.69, 9.17) is 0 Å². The van der Waals surface area contributed by atoms with E-state index in [-0.39, 0.29) is 23.6 Å². The zero-order valence-electron chi connectivity index (χ0n) is 19.3. The first-order valence-corrected chi connectivity index (χ1v) is 11.0. The van der Waals surface area contributed by atoms with Crippen molar-refractivity contribution in [2.45, 2.75) is 50.9 Å². The number of hydroxylamine groups is 2. The number of carbonyl (C=O) groups excluding carboxylic acids is 1. The van der Waals surface area contributed by atoms with Crippen LogP contribution in [0.25, 0.3) is 5.57 Å². The van der Waals surface area contributed by atoms with E-state index in [1.165, 1.54) is 17.2 Å². The van der Waals surface area contributed by atoms with Crippen LogP contribution in [0, 0.1) is 5.92 Å². The molecule has 0 unspecified atom stereocenters. The molecule has 0 saturated carbocycles. The first-order valence-electron chi connectivity index (χ1n) is 11.0. The molecular weight excluding hydrogens is 420 g/mol. The monoisotopic (exact) mass is 450 g/mol. The number of aromatic carboxylic acids is 1. The highest BCUT2D eigenvalue weighted by atomic mass is 16.5. The fourth-order valence-corrected chi connectivity index (χ4v) is 5.30. The molecule has 33 heavy (non-hydrogen) atoms. The van der Waals surface area contributed by atoms with Crippen LogP contribution in [0.15, 0.2) is 60.8 Å². The fraction of sp³-hybridized carbons (Fsp3) is 0.385. The summed E-state index contributed by atoms with van der Waals surface area (Å²) in [5.74, 6) is -1.90. The maximum Gasteiger partial charge on any atom is 0.336 e. The fourth-order valence-electron chi connectivity index (χ4n) is 5.30. The van der Waals surface area contributed by atoms with Gasteiger partial charge in [-0.2, -0.15) is 5.06 Å². The van der Waals surface area contributed by atoms with Crippen LogP contribution in [0.1, 0.15) is 55.6 Å². The normalized spacial score (nSPS) is 26.5. The summed E-state index contributed by atoms with van der Waals surface area (Å²) in [5.41, 5.74) is -2.43. The van der Waals surface area contributed by atoms with Crippen molar-refractivity contribution in [3.05, 3.63) is 77.5 Å². The summed E-state index contributed by atoms with van der Waals surface area (Å²) in [6.07, 6.45) is 2.26. The van der Waals surface area contributed by atoms with E-state index >= 15 is 0 Å². The highest BCUT2D eigenvalue weighted by Crippen LogP contribution is 2.47. The summed E-state index contributed by atoms with van der Waals surface area (Å²) >= 11 is 0. The molecule has 3 N–H and O–H groups in total. The topological polar surface area (TPSA) is 101 Å². The van der Waals surface area contributed by atoms with E-state index in [0.29, 0.717) is 17.6 Å². The third-order valence-corrected chi connectivity index (χ3v) is 7.16. The van der Waals surface area contributed by atoms with Gasteiger partial charge in [0.25, 0.3) is 0 Å². The molecule has 2 aromatic rings. The van der Waals surface area contributed by atoms with Gasteiger partial charge in [0.15, 0.2) is 0 Å². The van der Waals surface area contributed by atoms with Gasteiger partial charge in [0.1, 0.15) is 0 Å². The molecule has 2 aliphatic rings. The van der Waals surface area contributed by atoms with Gasteiger partial charge in [-0.3, -0.25) is 4.79 Å². The van der Waals surface area contributed by atoms with Gasteiger partial charge in [0.2, 0.25) is 11.5 Å². The number of carboxylic acids is 1. The summed E-state index contributed by atoms with van der Waals surface area (Å²) in [7, 11) is 0. The first kappa shape index (κ1) is 23.2. The van der Waals surface area contributed by atoms with E-state index in [0.717, 1.165) is 0 Å². The Balaban J connectivity index is 1.84. The third kappa shape index (κ3) is 3.57. The Kier molecular flexibility index (Phi) is 5.47. The van der Waals surface area contributed by atoms with Crippen LogP contribution in [0.5, 0.6) is 0 Å². The minimum atomic E-state index is -2.18. The van der Waals surface area contributed by atoms with Crippen LogP contribution in [0.2, 0.25) is 0 Å². The molecule has 1 fully saturated rings. The third-order valence-electron chi connectivity index (χ3n) is 7.16. The second-order valence-corrected chi connectivity index (χ2v) is 10.1. The van der Waals surface area contributed by atoms with E-state index in [2.05, 4.69) is 0 Å². The van der Waals surface area contributed by atoms with Gasteiger partial charge in [-0.1, -0.05) is 48.5 Å². The van der Waals surface area contributed by atoms with Gasteiger partial charge in [0, 0.05) is 35.0 Å². The Bertz CT molecular complexity index is 1120. The van der Waals surface area contributed by atoms with Crippen LogP contribution in [0.4, 0.5) is 0 Å². The maximum absolute atomic E-state index is 13.7. The Hall–Kier alpha value is -3.00. The van der Waals surface area contributed by atoms with Crippen LogP contribution < -0.4 is 0 Å². The predicted octanol–water partition coefficient (Wildman–Crippen LogP) is 3.72. The van der Waals surface area contributed by atoms with E-state index in [9.17, 15) is 25.0 Å². The van der Waals surface area contributed by atoms with Crippen LogP contribution in [-0.4, -0.2) is 54.8 Å². The van der Waals surface area contributed by atoms with Crippen molar-refractivity contribution in [1.29, 1.82) is 0 Å². The number of benzene rings is 2. The first-order chi connectivity index (χ1) is 15.4. The molecule has 2 aliphatic heterocycles. The molecule has 4 rings (SSSR count). The largest absolute Gasteiger partial charge is 0.478 e. The van der Waals surface area contributed by atoms with Crippen LogP contribution in [-0.2, 0) is 10.5 Å². The predicted molar refractivity (Wildman–Crippen MR) is 123 cm³/mol. The summed E-state index contributed by atoms with van der Waals surface area (Å²) in [4.78, 5) is 27.2. The van der Waals surface area contributed by atoms with Crippen LogP contribution in [0.3, 0.4) is 0 Å². The van der Waals surface area contributed by atoms with Crippen molar-refractivity contribution in [3.8, 4) is 0 Å². The molecule has 174 valence electrons. The Morgan fingerprint density at radius 2 is 1.64 bits per heavy atom. The van der Waals surface area contributed by atoms with Gasteiger partial charge in [-0.15, -0.1) is 0 Å². The van der Waals surface area contributed by atoms with E-state index in [1.54, 1.807) is 35.4 Å². The average molecular weight is 451 g/mol. The molecule has 0 aromatic heterocycles. The highest BCUT2D eigenvalue weighted by molar-refractivity contribution is 6.26. The second kappa shape index (κ2) is 7.80. The number of nitrogens with zero attached hydrogens (tertiary/aromatic N) is 2. The highest BCUT2D eigenvalue weighted by Gasteiger charge is 2.56. The molecule has 1 saturated heterocycles. The van der Waals surface area contributed by atoms with E-state index < -0.39 is 28.6 Å². The molecule has 7 heteroatoms. The number of ketones is 1. The molecule has 0 spiro atoms. The summed E-state index contributed by atoms with van der Waals surface area (Å²) in [6, 6.07) is 15.1. The number of hydrogen-bond donors (Lipinski definition) is 3. The van der Waals surface area contributed by atoms with Gasteiger partial charge in [0.05, 0.1) is 5.56 Å². The summed E-state index contributed by atoms with van der Waals surface area (Å²) < 4.78 is 0. The second-order valence-electron chi connectivity index (χ2n) is 10.1. The maximum atomic E-state index is 13.7. The molecule has 2 heterocycles. The standard InChI is InChI=1S/C26H30N2O5/c1-24(2)14-18(25(3,4)28(24)33)15-27-16-20(17-10-6-5-7-11-17)22(29)26(27,32)21-13-9-8-12-19(21)23(30)31/h5-13,16,18,32-33H,14-15H2,1-4H3,(H,30,31)/t18-,26-/m0/s1. The van der Waals surface area contributed by atoms with Crippen molar-refractivity contribution in [1.82, 2.24) is 9.96 Å². The number of carbonyl (C=O) groups is 2. The molecule has 0 radical (unpaired) electrons. The van der Waals surface area contributed by atoms with Gasteiger partial charge < -0.3 is 20.3 Å². The number of rotatable bonds is 5. The average Bonchev–Trinajstić information content (AvgIpc) is 3.12. The molecule has 7 nitrogen and oxygen atoms in total. The molecule has 0 amide bonds. The molecule has 0 bridgehead atoms. The van der Waals surface area contributed by atoms with Crippen molar-refractivity contribution < 1.29 is 25.0 Å². The Labute approximate surface area is 193 Å². The number of carboxylic acid groups (broad SMARTS) is 1. The Morgan fingerprint density at radius 3 is 2.21 bits per heavy atom. The lowest BCUT2D eigenvalue weighted by molar-refractivity contribution is -0.198. The zero-order chi connectivity index (χ0) is 24.2. The quantitative estimate of drug-likeness (QED) is 0.638. The minimum Gasteiger partial charge on any atom is -0.478 e. The molecule has 2 aromatic carbocycles. The number of Topliss-reactive ketones (excluding diaryl/α,β-unsaturated/α-hetero) is 1. The lowest BCUT2D eigenvalue weighted by Gasteiger charge is -2.40. The minimum absolute atomic E-state index is 0.0283. The lowest BCUT2D eigenvalue weighted by Crippen LogP contribution is -2.52. The van der Waals surface area contributed by atoms with Gasteiger partial charge in [-0.25, -0.2) is 4.79 Å². The van der Waals surface area contributed by atoms with Gasteiger partial charge >= 0.3 is 5.97 Å². The number of aliphatic hydroxyl groups is 1. The number of hydrogen-bond acceptors (Lipinski definition) is 6. The van der Waals surface area contributed by atoms with E-state index in [1.807, 2.05) is 45.9 Å². The lowest BCUT2D eigenvalue weighted by atomic mass is 9.85. The molecular formula is C26H30N2O5. The summed E-state index contributed by atoms with van der Waals surface area (Å²) in [5, 5.41) is 33.8. The SMILES string of the molecule is CC1(C)C[C@@H](CN2C=C(c3ccccc3)C(=O)[C@@]2(O)c2ccccc2C(=O)O)C(C)(C)N1O. The molecule has 0 aliphatic carbocycles. The Morgan fingerprint density at radius 1 is 1.03 bits per heavy atom. The van der Waals surface area contributed by atoms with Crippen LogP contribution >= 0.6 is 0 Å².